The van der Waals surface area contributed by atoms with Gasteiger partial charge in [-0.15, -0.1) is 25.8 Å². The molecule has 3 aromatic rings. The first-order chi connectivity index (χ1) is 14.1. The molecular weight excluding hydrogens is 444 g/mol. The van der Waals surface area contributed by atoms with Gasteiger partial charge in [0.05, 0.1) is 5.56 Å². The van der Waals surface area contributed by atoms with Gasteiger partial charge in [-0.05, 0) is 44.0 Å². The summed E-state index contributed by atoms with van der Waals surface area (Å²) in [7, 11) is 0. The van der Waals surface area contributed by atoms with Crippen molar-refractivity contribution in [3.8, 4) is 28.4 Å². The third kappa shape index (κ3) is 5.05. The van der Waals surface area contributed by atoms with Crippen LogP contribution >= 0.6 is 12.6 Å². The van der Waals surface area contributed by atoms with Crippen molar-refractivity contribution in [3.05, 3.63) is 42.0 Å². The van der Waals surface area contributed by atoms with Gasteiger partial charge >= 0.3 is 41.9 Å². The van der Waals surface area contributed by atoms with Gasteiger partial charge in [-0.1, -0.05) is 0 Å². The molecule has 1 saturated carbocycles. The molecule has 0 atom stereocenters. The van der Waals surface area contributed by atoms with Crippen LogP contribution in [0.1, 0.15) is 35.2 Å². The fraction of sp³-hybridized carbons (Fsp3) is 0.263. The van der Waals surface area contributed by atoms with Crippen molar-refractivity contribution in [2.75, 3.05) is 0 Å². The van der Waals surface area contributed by atoms with Crippen LogP contribution in [0.25, 0.3) is 22.6 Å². The van der Waals surface area contributed by atoms with E-state index < -0.39 is 12.3 Å². The van der Waals surface area contributed by atoms with Gasteiger partial charge in [0.15, 0.2) is 5.69 Å². The van der Waals surface area contributed by atoms with Crippen molar-refractivity contribution in [2.45, 2.75) is 37.2 Å². The molecule has 1 fully saturated rings. The maximum atomic E-state index is 12.4. The molecule has 12 heteroatoms. The zero-order valence-electron chi connectivity index (χ0n) is 15.5. The van der Waals surface area contributed by atoms with Crippen LogP contribution in [0.3, 0.4) is 0 Å². The third-order valence-corrected chi connectivity index (χ3v) is 4.86. The normalized spacial score (nSPS) is 13.6. The van der Waals surface area contributed by atoms with Gasteiger partial charge in [0.1, 0.15) is 28.1 Å². The van der Waals surface area contributed by atoms with Gasteiger partial charge in [-0.25, -0.2) is 19.7 Å². The van der Waals surface area contributed by atoms with E-state index in [1.165, 1.54) is 18.3 Å². The van der Waals surface area contributed by atoms with Crippen LogP contribution in [0, 0.1) is 6.92 Å². The van der Waals surface area contributed by atoms with Crippen LogP contribution in [0.2, 0.25) is 0 Å². The predicted octanol–water partition coefficient (Wildman–Crippen LogP) is 3.89. The van der Waals surface area contributed by atoms with Crippen LogP contribution < -0.4 is 4.74 Å². The SMILES string of the molecule is Cc1ncc(-c2nc(-c3ccc(OC(F)(F)F)cc3)n(C3CC3)c2C(=O)O)c(S)n1.[NaH]. The number of aryl methyl sites for hydroxylation is 1. The molecule has 4 rings (SSSR count). The molecule has 2 heterocycles. The molecule has 2 aromatic heterocycles. The summed E-state index contributed by atoms with van der Waals surface area (Å²) in [5.74, 6) is -0.750. The summed E-state index contributed by atoms with van der Waals surface area (Å²) in [6.07, 6.45) is -1.79. The Bertz CT molecular complexity index is 1130. The summed E-state index contributed by atoms with van der Waals surface area (Å²) in [6.45, 7) is 1.68. The van der Waals surface area contributed by atoms with Crippen LogP contribution in [0.5, 0.6) is 5.75 Å². The number of ether oxygens (including phenoxy) is 1. The molecule has 0 radical (unpaired) electrons. The summed E-state index contributed by atoms with van der Waals surface area (Å²) in [5, 5.41) is 10.2. The summed E-state index contributed by atoms with van der Waals surface area (Å²) >= 11 is 4.33. The van der Waals surface area contributed by atoms with Crippen LogP contribution in [-0.2, 0) is 0 Å². The first-order valence-corrected chi connectivity index (χ1v) is 9.33. The number of halogens is 3. The van der Waals surface area contributed by atoms with Crippen LogP contribution in [-0.4, -0.2) is 66.5 Å². The van der Waals surface area contributed by atoms with E-state index in [0.717, 1.165) is 25.0 Å². The van der Waals surface area contributed by atoms with Crippen molar-refractivity contribution < 1.29 is 27.8 Å². The van der Waals surface area contributed by atoms with Crippen molar-refractivity contribution in [1.29, 1.82) is 0 Å². The molecule has 0 bridgehead atoms. The van der Waals surface area contributed by atoms with Crippen molar-refractivity contribution in [3.63, 3.8) is 0 Å². The molecule has 0 amide bonds. The van der Waals surface area contributed by atoms with Crippen molar-refractivity contribution in [1.82, 2.24) is 19.5 Å². The molecule has 0 spiro atoms. The van der Waals surface area contributed by atoms with Crippen LogP contribution in [0.4, 0.5) is 13.2 Å². The second-order valence-corrected chi connectivity index (χ2v) is 7.19. The summed E-state index contributed by atoms with van der Waals surface area (Å²) in [6, 6.07) is 5.07. The Morgan fingerprint density at radius 3 is 2.39 bits per heavy atom. The average Bonchev–Trinajstić information content (AvgIpc) is 3.41. The number of carboxylic acids is 1. The van der Waals surface area contributed by atoms with Crippen molar-refractivity contribution >= 4 is 48.2 Å². The predicted molar refractivity (Wildman–Crippen MR) is 110 cm³/mol. The Kier molecular flexibility index (Phi) is 6.70. The quantitative estimate of drug-likeness (QED) is 0.341. The van der Waals surface area contributed by atoms with E-state index in [9.17, 15) is 23.1 Å². The molecular formula is C19H16F3N4NaO3S. The molecule has 7 nitrogen and oxygen atoms in total. The Morgan fingerprint density at radius 1 is 1.23 bits per heavy atom. The first-order valence-electron chi connectivity index (χ1n) is 8.88. The second-order valence-electron chi connectivity index (χ2n) is 6.77. The summed E-state index contributed by atoms with van der Waals surface area (Å²) < 4.78 is 42.8. The fourth-order valence-electron chi connectivity index (χ4n) is 3.15. The molecule has 0 unspecified atom stereocenters. The Labute approximate surface area is 202 Å². The number of carboxylic acid groups (broad SMARTS) is 1. The minimum atomic E-state index is -4.80. The third-order valence-electron chi connectivity index (χ3n) is 4.52. The van der Waals surface area contributed by atoms with Gasteiger partial charge < -0.3 is 14.4 Å². The number of carbonyl (C=O) groups is 1. The average molecular weight is 460 g/mol. The fourth-order valence-corrected chi connectivity index (χ4v) is 3.46. The molecule has 0 saturated heterocycles. The van der Waals surface area contributed by atoms with Crippen molar-refractivity contribution in [2.24, 2.45) is 0 Å². The zero-order chi connectivity index (χ0) is 21.6. The number of aromatic carboxylic acids is 1. The summed E-state index contributed by atoms with van der Waals surface area (Å²) in [5.41, 5.74) is 0.939. The molecule has 1 aromatic carbocycles. The Morgan fingerprint density at radius 2 is 1.87 bits per heavy atom. The summed E-state index contributed by atoms with van der Waals surface area (Å²) in [4.78, 5) is 24.9. The van der Waals surface area contributed by atoms with Gasteiger partial charge in [-0.2, -0.15) is 0 Å². The molecule has 31 heavy (non-hydrogen) atoms. The van der Waals surface area contributed by atoms with Gasteiger partial charge in [0.2, 0.25) is 0 Å². The van der Waals surface area contributed by atoms with E-state index in [1.54, 1.807) is 11.5 Å². The standard InChI is InChI=1S/C19H15F3N4O3S.Na.H/c1-9-23-8-13(17(30)24-9)14-15(18(27)28)26(11-4-5-11)16(25-14)10-2-6-12(7-3-10)29-19(20,21)22;;/h2-3,6-8,11H,4-5H2,1H3,(H,27,28)(H,23,24,30);;. The topological polar surface area (TPSA) is 90.1 Å². The van der Waals surface area contributed by atoms with Gasteiger partial charge in [0, 0.05) is 17.8 Å². The Balaban J connectivity index is 0.00000272. The number of hydrogen-bond donors (Lipinski definition) is 2. The number of rotatable bonds is 5. The second kappa shape index (κ2) is 8.81. The number of thiol groups is 1. The number of imidazole rings is 1. The Hall–Kier alpha value is -2.08. The molecule has 0 aliphatic heterocycles. The van der Waals surface area contributed by atoms with E-state index in [1.807, 2.05) is 0 Å². The van der Waals surface area contributed by atoms with E-state index in [0.29, 0.717) is 22.8 Å². The number of nitrogens with zero attached hydrogens (tertiary/aromatic N) is 4. The molecule has 1 aliphatic carbocycles. The number of aromatic nitrogens is 4. The molecule has 1 N–H and O–H groups in total. The zero-order valence-corrected chi connectivity index (χ0v) is 16.4. The monoisotopic (exact) mass is 460 g/mol. The van der Waals surface area contributed by atoms with Crippen LogP contribution in [0.15, 0.2) is 35.5 Å². The minimum absolute atomic E-state index is 0. The van der Waals surface area contributed by atoms with Gasteiger partial charge in [-0.3, -0.25) is 0 Å². The number of benzene rings is 1. The van der Waals surface area contributed by atoms with Gasteiger partial charge in [0.25, 0.3) is 0 Å². The van der Waals surface area contributed by atoms with E-state index in [-0.39, 0.29) is 57.8 Å². The van der Waals surface area contributed by atoms with E-state index >= 15 is 0 Å². The number of hydrogen-bond acceptors (Lipinski definition) is 6. The number of alkyl halides is 3. The first kappa shape index (κ1) is 23.6. The maximum absolute atomic E-state index is 12.4. The molecule has 1 aliphatic rings. The molecule has 158 valence electrons. The van der Waals surface area contributed by atoms with E-state index in [4.69, 9.17) is 0 Å². The van der Waals surface area contributed by atoms with E-state index in [2.05, 4.69) is 32.3 Å².